The molecule has 156 valence electrons. The van der Waals surface area contributed by atoms with Gasteiger partial charge in [0.25, 0.3) is 5.91 Å². The summed E-state index contributed by atoms with van der Waals surface area (Å²) in [5, 5.41) is 4.79. The SMILES string of the molecule is O=C(COC(=O)COc1ccc2c(c1)CCC2)NC(=O)NCCC1=CCCCC1. The molecule has 0 spiro atoms. The molecule has 1 aromatic carbocycles. The number of carbonyl (C=O) groups is 3. The van der Waals surface area contributed by atoms with Crippen LogP contribution in [0, 0.1) is 0 Å². The minimum Gasteiger partial charge on any atom is -0.482 e. The highest BCUT2D eigenvalue weighted by molar-refractivity contribution is 5.95. The minimum absolute atomic E-state index is 0.284. The number of urea groups is 1. The number of hydrogen-bond acceptors (Lipinski definition) is 5. The van der Waals surface area contributed by atoms with Crippen molar-refractivity contribution in [1.82, 2.24) is 10.6 Å². The summed E-state index contributed by atoms with van der Waals surface area (Å²) >= 11 is 0. The minimum atomic E-state index is -0.676. The zero-order valence-electron chi connectivity index (χ0n) is 16.6. The van der Waals surface area contributed by atoms with Gasteiger partial charge in [0, 0.05) is 6.54 Å². The standard InChI is InChI=1S/C22H28N2O5/c25-20(24-22(27)23-12-11-16-5-2-1-3-6-16)14-29-21(26)15-28-19-10-9-17-7-4-8-18(17)13-19/h5,9-10,13H,1-4,6-8,11-12,14-15H2,(H2,23,24,25,27). The fourth-order valence-corrected chi connectivity index (χ4v) is 3.64. The first-order valence-corrected chi connectivity index (χ1v) is 10.3. The summed E-state index contributed by atoms with van der Waals surface area (Å²) in [6.45, 7) is -0.336. The van der Waals surface area contributed by atoms with Gasteiger partial charge in [0.2, 0.25) is 0 Å². The van der Waals surface area contributed by atoms with Gasteiger partial charge >= 0.3 is 12.0 Å². The molecule has 0 radical (unpaired) electrons. The molecule has 3 amide bonds. The Balaban J connectivity index is 1.27. The maximum Gasteiger partial charge on any atom is 0.344 e. The van der Waals surface area contributed by atoms with E-state index < -0.39 is 24.5 Å². The average molecular weight is 400 g/mol. The van der Waals surface area contributed by atoms with E-state index in [2.05, 4.69) is 16.7 Å². The van der Waals surface area contributed by atoms with Crippen LogP contribution in [0.15, 0.2) is 29.8 Å². The van der Waals surface area contributed by atoms with Gasteiger partial charge in [0.15, 0.2) is 13.2 Å². The molecule has 0 fully saturated rings. The molecule has 2 N–H and O–H groups in total. The van der Waals surface area contributed by atoms with Gasteiger partial charge in [0.05, 0.1) is 0 Å². The first kappa shape index (κ1) is 20.9. The lowest BCUT2D eigenvalue weighted by Crippen LogP contribution is -2.42. The normalized spacial score (nSPS) is 15.1. The van der Waals surface area contributed by atoms with Crippen LogP contribution in [0.2, 0.25) is 0 Å². The molecule has 0 bridgehead atoms. The Morgan fingerprint density at radius 3 is 2.66 bits per heavy atom. The molecule has 0 aromatic heterocycles. The third-order valence-electron chi connectivity index (χ3n) is 5.16. The van der Waals surface area contributed by atoms with Crippen molar-refractivity contribution in [3.8, 4) is 5.75 Å². The summed E-state index contributed by atoms with van der Waals surface area (Å²) in [6, 6.07) is 5.20. The van der Waals surface area contributed by atoms with Crippen LogP contribution < -0.4 is 15.4 Å². The zero-order chi connectivity index (χ0) is 20.5. The smallest absolute Gasteiger partial charge is 0.344 e. The van der Waals surface area contributed by atoms with Crippen molar-refractivity contribution in [3.05, 3.63) is 41.0 Å². The van der Waals surface area contributed by atoms with Gasteiger partial charge in [-0.05, 0) is 74.6 Å². The van der Waals surface area contributed by atoms with Gasteiger partial charge in [-0.2, -0.15) is 0 Å². The van der Waals surface area contributed by atoms with Crippen LogP contribution in [0.25, 0.3) is 0 Å². The quantitative estimate of drug-likeness (QED) is 0.517. The Morgan fingerprint density at radius 1 is 0.966 bits per heavy atom. The van der Waals surface area contributed by atoms with Gasteiger partial charge in [-0.3, -0.25) is 10.1 Å². The molecule has 0 aliphatic heterocycles. The largest absolute Gasteiger partial charge is 0.482 e. The summed E-state index contributed by atoms with van der Waals surface area (Å²) < 4.78 is 10.3. The number of nitrogens with one attached hydrogen (secondary N) is 2. The number of allylic oxidation sites excluding steroid dienone is 1. The Bertz CT molecular complexity index is 787. The van der Waals surface area contributed by atoms with Crippen LogP contribution in [0.1, 0.15) is 49.7 Å². The van der Waals surface area contributed by atoms with Crippen LogP contribution in [0.5, 0.6) is 5.75 Å². The first-order chi connectivity index (χ1) is 14.1. The van der Waals surface area contributed by atoms with Crippen LogP contribution >= 0.6 is 0 Å². The fraction of sp³-hybridized carbons (Fsp3) is 0.500. The zero-order valence-corrected chi connectivity index (χ0v) is 16.6. The number of rotatable bonds is 8. The van der Waals surface area contributed by atoms with E-state index in [1.807, 2.05) is 18.2 Å². The van der Waals surface area contributed by atoms with Crippen molar-refractivity contribution in [2.24, 2.45) is 0 Å². The molecule has 3 rings (SSSR count). The topological polar surface area (TPSA) is 93.7 Å². The number of ether oxygens (including phenoxy) is 2. The summed E-state index contributed by atoms with van der Waals surface area (Å²) in [4.78, 5) is 35.2. The number of hydrogen-bond donors (Lipinski definition) is 2. The lowest BCUT2D eigenvalue weighted by molar-refractivity contribution is -0.150. The number of benzene rings is 1. The number of aryl methyl sites for hydroxylation is 2. The molecule has 29 heavy (non-hydrogen) atoms. The van der Waals surface area contributed by atoms with E-state index in [0.29, 0.717) is 12.3 Å². The summed E-state index contributed by atoms with van der Waals surface area (Å²) in [5.74, 6) is -0.727. The van der Waals surface area contributed by atoms with Gasteiger partial charge in [-0.15, -0.1) is 0 Å². The van der Waals surface area contributed by atoms with Crippen LogP contribution in [0.4, 0.5) is 4.79 Å². The molecule has 7 nitrogen and oxygen atoms in total. The molecular formula is C22H28N2O5. The number of esters is 1. The van der Waals surface area contributed by atoms with E-state index in [-0.39, 0.29) is 6.61 Å². The van der Waals surface area contributed by atoms with E-state index >= 15 is 0 Å². The van der Waals surface area contributed by atoms with Gasteiger partial charge < -0.3 is 14.8 Å². The van der Waals surface area contributed by atoms with E-state index in [9.17, 15) is 14.4 Å². The average Bonchev–Trinajstić information content (AvgIpc) is 3.19. The molecule has 7 heteroatoms. The summed E-state index contributed by atoms with van der Waals surface area (Å²) in [6.07, 6.45) is 10.8. The third-order valence-corrected chi connectivity index (χ3v) is 5.16. The lowest BCUT2D eigenvalue weighted by atomic mass is 9.97. The molecule has 0 atom stereocenters. The molecule has 2 aliphatic carbocycles. The number of amides is 3. The van der Waals surface area contributed by atoms with E-state index in [1.54, 1.807) is 0 Å². The lowest BCUT2D eigenvalue weighted by Gasteiger charge is -2.13. The van der Waals surface area contributed by atoms with Crippen molar-refractivity contribution < 1.29 is 23.9 Å². The second-order valence-electron chi connectivity index (χ2n) is 7.40. The molecular weight excluding hydrogens is 372 g/mol. The predicted octanol–water partition coefficient (Wildman–Crippen LogP) is 2.81. The van der Waals surface area contributed by atoms with E-state index in [0.717, 1.165) is 38.5 Å². The molecule has 0 heterocycles. The Kier molecular flexibility index (Phi) is 7.67. The van der Waals surface area contributed by atoms with E-state index in [1.165, 1.54) is 29.5 Å². The van der Waals surface area contributed by atoms with Gasteiger partial charge in [0.1, 0.15) is 5.75 Å². The van der Waals surface area contributed by atoms with Crippen molar-refractivity contribution in [1.29, 1.82) is 0 Å². The highest BCUT2D eigenvalue weighted by Gasteiger charge is 2.14. The summed E-state index contributed by atoms with van der Waals surface area (Å²) in [7, 11) is 0. The van der Waals surface area contributed by atoms with E-state index in [4.69, 9.17) is 9.47 Å². The molecule has 0 saturated carbocycles. The predicted molar refractivity (Wildman–Crippen MR) is 108 cm³/mol. The van der Waals surface area contributed by atoms with Crippen molar-refractivity contribution in [2.45, 2.75) is 51.4 Å². The highest BCUT2D eigenvalue weighted by Crippen LogP contribution is 2.26. The summed E-state index contributed by atoms with van der Waals surface area (Å²) in [5.41, 5.74) is 3.92. The van der Waals surface area contributed by atoms with Crippen LogP contribution in [0.3, 0.4) is 0 Å². The van der Waals surface area contributed by atoms with Crippen LogP contribution in [-0.2, 0) is 27.2 Å². The number of imide groups is 1. The molecule has 1 aromatic rings. The maximum absolute atomic E-state index is 11.8. The first-order valence-electron chi connectivity index (χ1n) is 10.3. The van der Waals surface area contributed by atoms with Crippen molar-refractivity contribution in [2.75, 3.05) is 19.8 Å². The molecule has 0 unspecified atom stereocenters. The Hall–Kier alpha value is -2.83. The van der Waals surface area contributed by atoms with Crippen molar-refractivity contribution in [3.63, 3.8) is 0 Å². The Labute approximate surface area is 170 Å². The third kappa shape index (κ3) is 6.93. The highest BCUT2D eigenvalue weighted by atomic mass is 16.6. The van der Waals surface area contributed by atoms with Crippen LogP contribution in [-0.4, -0.2) is 37.7 Å². The Morgan fingerprint density at radius 2 is 1.83 bits per heavy atom. The molecule has 2 aliphatic rings. The molecule has 0 saturated heterocycles. The van der Waals surface area contributed by atoms with Gasteiger partial charge in [-0.25, -0.2) is 9.59 Å². The second-order valence-corrected chi connectivity index (χ2v) is 7.40. The second kappa shape index (κ2) is 10.6. The maximum atomic E-state index is 11.8. The monoisotopic (exact) mass is 400 g/mol. The fourth-order valence-electron chi connectivity index (χ4n) is 3.64. The van der Waals surface area contributed by atoms with Crippen molar-refractivity contribution >= 4 is 17.9 Å². The van der Waals surface area contributed by atoms with Gasteiger partial charge in [-0.1, -0.05) is 17.7 Å². The number of carbonyl (C=O) groups excluding carboxylic acids is 3. The number of fused-ring (bicyclic) bond motifs is 1.